The molecule has 1 unspecified atom stereocenters. The molecule has 1 aliphatic rings. The molecule has 6 nitrogen and oxygen atoms in total. The van der Waals surface area contributed by atoms with Crippen LogP contribution < -0.4 is 5.73 Å². The van der Waals surface area contributed by atoms with Gasteiger partial charge in [0.25, 0.3) is 0 Å². The van der Waals surface area contributed by atoms with Crippen LogP contribution in [0.4, 0.5) is 0 Å². The lowest BCUT2D eigenvalue weighted by molar-refractivity contribution is 0.258. The van der Waals surface area contributed by atoms with Gasteiger partial charge in [0, 0.05) is 13.1 Å². The van der Waals surface area contributed by atoms with Gasteiger partial charge in [-0.2, -0.15) is 9.40 Å². The van der Waals surface area contributed by atoms with E-state index in [9.17, 15) is 8.42 Å². The van der Waals surface area contributed by atoms with Gasteiger partial charge >= 0.3 is 0 Å². The second-order valence-corrected chi connectivity index (χ2v) is 6.71. The van der Waals surface area contributed by atoms with Gasteiger partial charge in [-0.3, -0.25) is 5.10 Å². The number of rotatable bonds is 4. The Morgan fingerprint density at radius 1 is 1.61 bits per heavy atom. The van der Waals surface area contributed by atoms with Crippen LogP contribution in [0.5, 0.6) is 0 Å². The van der Waals surface area contributed by atoms with E-state index >= 15 is 0 Å². The highest BCUT2D eigenvalue weighted by Gasteiger charge is 2.31. The summed E-state index contributed by atoms with van der Waals surface area (Å²) in [7, 11) is -3.40. The molecule has 2 rings (SSSR count). The number of sulfonamides is 1. The molecule has 1 fully saturated rings. The predicted molar refractivity (Wildman–Crippen MR) is 68.5 cm³/mol. The molecule has 7 heteroatoms. The normalized spacial score (nSPS) is 22.2. The number of aromatic nitrogens is 2. The van der Waals surface area contributed by atoms with Crippen molar-refractivity contribution in [1.29, 1.82) is 0 Å². The highest BCUT2D eigenvalue weighted by molar-refractivity contribution is 7.89. The molecule has 0 amide bonds. The molecule has 0 aromatic carbocycles. The fourth-order valence-electron chi connectivity index (χ4n) is 2.46. The summed E-state index contributed by atoms with van der Waals surface area (Å²) in [6.45, 7) is 3.50. The van der Waals surface area contributed by atoms with Crippen LogP contribution in [-0.2, 0) is 10.0 Å². The number of piperidine rings is 1. The predicted octanol–water partition coefficient (Wildman–Crippen LogP) is 0.468. The van der Waals surface area contributed by atoms with Gasteiger partial charge in [0.05, 0.1) is 11.9 Å². The maximum Gasteiger partial charge on any atom is 0.246 e. The minimum Gasteiger partial charge on any atom is -0.330 e. The molecular weight excluding hydrogens is 252 g/mol. The first-order valence-electron chi connectivity index (χ1n) is 6.26. The van der Waals surface area contributed by atoms with Crippen LogP contribution in [0.3, 0.4) is 0 Å². The van der Waals surface area contributed by atoms with E-state index in [0.29, 0.717) is 31.2 Å². The Kier molecular flexibility index (Phi) is 4.04. The van der Waals surface area contributed by atoms with Crippen LogP contribution in [0.1, 0.15) is 25.0 Å². The van der Waals surface area contributed by atoms with Gasteiger partial charge in [-0.05, 0) is 38.6 Å². The second-order valence-electron chi connectivity index (χ2n) is 4.81. The fraction of sp³-hybridized carbons (Fsp3) is 0.727. The number of hydrogen-bond acceptors (Lipinski definition) is 4. The average molecular weight is 272 g/mol. The van der Waals surface area contributed by atoms with Crippen LogP contribution in [0.15, 0.2) is 11.1 Å². The van der Waals surface area contributed by atoms with Crippen molar-refractivity contribution in [3.8, 4) is 0 Å². The smallest absolute Gasteiger partial charge is 0.246 e. The minimum atomic E-state index is -3.40. The molecule has 1 aromatic heterocycles. The number of hydrogen-bond donors (Lipinski definition) is 2. The molecule has 18 heavy (non-hydrogen) atoms. The number of nitrogens with zero attached hydrogens (tertiary/aromatic N) is 2. The monoisotopic (exact) mass is 272 g/mol. The van der Waals surface area contributed by atoms with Gasteiger partial charge < -0.3 is 5.73 Å². The quantitative estimate of drug-likeness (QED) is 0.833. The van der Waals surface area contributed by atoms with Crippen molar-refractivity contribution in [2.24, 2.45) is 11.7 Å². The van der Waals surface area contributed by atoms with E-state index in [1.54, 1.807) is 11.2 Å². The highest BCUT2D eigenvalue weighted by atomic mass is 32.2. The largest absolute Gasteiger partial charge is 0.330 e. The minimum absolute atomic E-state index is 0.288. The molecule has 3 N–H and O–H groups in total. The van der Waals surface area contributed by atoms with E-state index < -0.39 is 10.0 Å². The molecule has 1 aliphatic heterocycles. The first-order valence-corrected chi connectivity index (χ1v) is 7.70. The average Bonchev–Trinajstić information content (AvgIpc) is 2.77. The standard InChI is InChI=1S/C11H20N4O2S/c1-9-11(7-13-14-9)18(16,17)15-6-2-3-10(8-15)4-5-12/h7,10H,2-6,8,12H2,1H3,(H,13,14). The summed E-state index contributed by atoms with van der Waals surface area (Å²) in [5.74, 6) is 0.380. The summed E-state index contributed by atoms with van der Waals surface area (Å²) in [5, 5.41) is 6.46. The summed E-state index contributed by atoms with van der Waals surface area (Å²) in [5.41, 5.74) is 6.14. The lowest BCUT2D eigenvalue weighted by Gasteiger charge is -2.31. The lowest BCUT2D eigenvalue weighted by Crippen LogP contribution is -2.40. The van der Waals surface area contributed by atoms with Gasteiger partial charge in [-0.15, -0.1) is 0 Å². The summed E-state index contributed by atoms with van der Waals surface area (Å²) in [6, 6.07) is 0. The van der Waals surface area contributed by atoms with Gasteiger partial charge in [-0.1, -0.05) is 0 Å². The van der Waals surface area contributed by atoms with Crippen molar-refractivity contribution < 1.29 is 8.42 Å². The number of aromatic amines is 1. The molecule has 2 heterocycles. The van der Waals surface area contributed by atoms with Crippen LogP contribution in [0.2, 0.25) is 0 Å². The number of nitrogens with one attached hydrogen (secondary N) is 1. The Labute approximate surface area is 108 Å². The van der Waals surface area contributed by atoms with Crippen molar-refractivity contribution >= 4 is 10.0 Å². The zero-order valence-corrected chi connectivity index (χ0v) is 11.4. The van der Waals surface area contributed by atoms with Crippen molar-refractivity contribution in [3.63, 3.8) is 0 Å². The van der Waals surface area contributed by atoms with Crippen molar-refractivity contribution in [2.45, 2.75) is 31.1 Å². The zero-order chi connectivity index (χ0) is 13.2. The van der Waals surface area contributed by atoms with Gasteiger partial charge in [0.15, 0.2) is 0 Å². The van der Waals surface area contributed by atoms with Crippen molar-refractivity contribution in [1.82, 2.24) is 14.5 Å². The lowest BCUT2D eigenvalue weighted by atomic mass is 9.96. The van der Waals surface area contributed by atoms with Crippen LogP contribution in [0, 0.1) is 12.8 Å². The Balaban J connectivity index is 2.18. The third kappa shape index (κ3) is 2.57. The topological polar surface area (TPSA) is 92.1 Å². The van der Waals surface area contributed by atoms with Gasteiger partial charge in [0.2, 0.25) is 10.0 Å². The summed E-state index contributed by atoms with van der Waals surface area (Å²) >= 11 is 0. The van der Waals surface area contributed by atoms with Crippen LogP contribution >= 0.6 is 0 Å². The van der Waals surface area contributed by atoms with E-state index in [0.717, 1.165) is 19.3 Å². The number of H-pyrrole nitrogens is 1. The number of nitrogens with two attached hydrogens (primary N) is 1. The Hall–Kier alpha value is -0.920. The van der Waals surface area contributed by atoms with Crippen molar-refractivity contribution in [3.05, 3.63) is 11.9 Å². The Bertz CT molecular complexity index is 495. The Morgan fingerprint density at radius 2 is 2.39 bits per heavy atom. The van der Waals surface area contributed by atoms with E-state index in [2.05, 4.69) is 10.2 Å². The van der Waals surface area contributed by atoms with E-state index in [4.69, 9.17) is 5.73 Å². The summed E-state index contributed by atoms with van der Waals surface area (Å²) in [4.78, 5) is 0.288. The maximum absolute atomic E-state index is 12.5. The van der Waals surface area contributed by atoms with Crippen molar-refractivity contribution in [2.75, 3.05) is 19.6 Å². The number of aryl methyl sites for hydroxylation is 1. The molecule has 1 saturated heterocycles. The molecule has 0 spiro atoms. The molecule has 102 valence electrons. The summed E-state index contributed by atoms with van der Waals surface area (Å²) in [6.07, 6.45) is 4.24. The van der Waals surface area contributed by atoms with Crippen LogP contribution in [0.25, 0.3) is 0 Å². The van der Waals surface area contributed by atoms with E-state index in [1.165, 1.54) is 6.20 Å². The van der Waals surface area contributed by atoms with Gasteiger partial charge in [-0.25, -0.2) is 8.42 Å². The third-order valence-electron chi connectivity index (χ3n) is 3.46. The van der Waals surface area contributed by atoms with E-state index in [-0.39, 0.29) is 4.90 Å². The van der Waals surface area contributed by atoms with Crippen LogP contribution in [-0.4, -0.2) is 42.6 Å². The molecule has 0 aliphatic carbocycles. The first-order chi connectivity index (χ1) is 8.55. The first kappa shape index (κ1) is 13.5. The third-order valence-corrected chi connectivity index (χ3v) is 5.44. The molecule has 0 saturated carbocycles. The fourth-order valence-corrected chi connectivity index (χ4v) is 4.13. The maximum atomic E-state index is 12.5. The molecular formula is C11H20N4O2S. The van der Waals surface area contributed by atoms with E-state index in [1.807, 2.05) is 0 Å². The molecule has 1 aromatic rings. The molecule has 1 atom stereocenters. The SMILES string of the molecule is Cc1[nH]ncc1S(=O)(=O)N1CCCC(CCN)C1. The van der Waals surface area contributed by atoms with Gasteiger partial charge in [0.1, 0.15) is 4.90 Å². The second kappa shape index (κ2) is 5.38. The zero-order valence-electron chi connectivity index (χ0n) is 10.6. The Morgan fingerprint density at radius 3 is 3.00 bits per heavy atom. The molecule has 0 bridgehead atoms. The molecule has 0 radical (unpaired) electrons. The summed E-state index contributed by atoms with van der Waals surface area (Å²) < 4.78 is 26.5. The highest BCUT2D eigenvalue weighted by Crippen LogP contribution is 2.25.